The Morgan fingerprint density at radius 2 is 1.67 bits per heavy atom. The minimum absolute atomic E-state index is 0.00345. The molecule has 4 aromatic rings. The molecule has 1 heterocycles. The van der Waals surface area contributed by atoms with Gasteiger partial charge < -0.3 is 19.3 Å². The first-order valence-corrected chi connectivity index (χ1v) is 12.3. The van der Waals surface area contributed by atoms with E-state index < -0.39 is 6.10 Å². The van der Waals surface area contributed by atoms with Gasteiger partial charge in [0.25, 0.3) is 0 Å². The normalized spacial score (nSPS) is 11.9. The first kappa shape index (κ1) is 25.4. The number of nitrogens with zero attached hydrogens (tertiary/aromatic N) is 1. The molecule has 0 saturated heterocycles. The molecule has 1 unspecified atom stereocenters. The summed E-state index contributed by atoms with van der Waals surface area (Å²) in [5.41, 5.74) is 2.56. The van der Waals surface area contributed by atoms with E-state index in [1.807, 2.05) is 60.7 Å². The number of ether oxygens (including phenoxy) is 3. The zero-order valence-corrected chi connectivity index (χ0v) is 21.2. The Morgan fingerprint density at radius 3 is 2.42 bits per heavy atom. The van der Waals surface area contributed by atoms with Gasteiger partial charge >= 0.3 is 0 Å². The summed E-state index contributed by atoms with van der Waals surface area (Å²) in [5.74, 6) is 2.25. The maximum absolute atomic E-state index is 10.00. The maximum Gasteiger partial charge on any atom is 0.155 e. The van der Waals surface area contributed by atoms with Crippen LogP contribution in [0.2, 0.25) is 5.02 Å². The molecule has 186 valence electrons. The summed E-state index contributed by atoms with van der Waals surface area (Å²) in [5, 5.41) is 11.7. The van der Waals surface area contributed by atoms with Crippen LogP contribution < -0.4 is 14.2 Å². The molecule has 0 fully saturated rings. The van der Waals surface area contributed by atoms with Crippen LogP contribution in [0.1, 0.15) is 31.5 Å². The van der Waals surface area contributed by atoms with Gasteiger partial charge in [-0.2, -0.15) is 0 Å². The predicted octanol–water partition coefficient (Wildman–Crippen LogP) is 7.91. The summed E-state index contributed by atoms with van der Waals surface area (Å²) in [6, 6.07) is 24.8. The average molecular weight is 504 g/mol. The Bertz CT molecular complexity index is 1340. The number of benzene rings is 3. The lowest BCUT2D eigenvalue weighted by molar-refractivity contribution is 0.151. The second-order valence-corrected chi connectivity index (χ2v) is 9.46. The van der Waals surface area contributed by atoms with E-state index in [-0.39, 0.29) is 12.4 Å². The highest BCUT2D eigenvalue weighted by atomic mass is 35.5. The summed E-state index contributed by atoms with van der Waals surface area (Å²) in [6.07, 6.45) is 0.134. The Balaban J connectivity index is 1.41. The molecule has 0 aliphatic heterocycles. The van der Waals surface area contributed by atoms with Gasteiger partial charge in [-0.3, -0.25) is 0 Å². The molecule has 0 radical (unpaired) electrons. The van der Waals surface area contributed by atoms with Crippen LogP contribution in [0.3, 0.4) is 0 Å². The fourth-order valence-corrected chi connectivity index (χ4v) is 3.96. The van der Waals surface area contributed by atoms with Crippen molar-refractivity contribution >= 4 is 22.5 Å². The standard InChI is InChI=1S/C30H30ClNO4/c1-20(2)15-30(21(3)33)36-29-14-12-24(31)16-23(29)18-34-26-8-6-9-27(17-26)35-19-25-13-11-22-7-4-5-10-28(22)32-25/h4-14,16-17,20,30,33H,3,15,18-19H2,1-2H3. The number of fused-ring (bicyclic) bond motifs is 1. The second-order valence-electron chi connectivity index (χ2n) is 9.03. The van der Waals surface area contributed by atoms with Crippen LogP contribution in [-0.4, -0.2) is 16.2 Å². The molecule has 0 aliphatic rings. The summed E-state index contributed by atoms with van der Waals surface area (Å²) >= 11 is 6.24. The molecule has 36 heavy (non-hydrogen) atoms. The Labute approximate surface area is 216 Å². The third-order valence-electron chi connectivity index (χ3n) is 5.59. The van der Waals surface area contributed by atoms with Gasteiger partial charge in [-0.25, -0.2) is 4.98 Å². The number of para-hydroxylation sites is 1. The van der Waals surface area contributed by atoms with Crippen LogP contribution in [0, 0.1) is 5.92 Å². The largest absolute Gasteiger partial charge is 0.509 e. The fourth-order valence-electron chi connectivity index (χ4n) is 3.77. The molecule has 5 nitrogen and oxygen atoms in total. The van der Waals surface area contributed by atoms with Crippen LogP contribution in [0.4, 0.5) is 0 Å². The van der Waals surface area contributed by atoms with Gasteiger partial charge in [-0.05, 0) is 54.8 Å². The zero-order valence-electron chi connectivity index (χ0n) is 20.5. The Hall–Kier alpha value is -3.70. The molecule has 0 saturated carbocycles. The lowest BCUT2D eigenvalue weighted by Gasteiger charge is -2.22. The minimum Gasteiger partial charge on any atom is -0.509 e. The van der Waals surface area contributed by atoms with Crippen molar-refractivity contribution in [3.05, 3.63) is 107 Å². The number of aliphatic hydroxyl groups excluding tert-OH is 1. The fraction of sp³-hybridized carbons (Fsp3) is 0.233. The van der Waals surface area contributed by atoms with Crippen molar-refractivity contribution < 1.29 is 19.3 Å². The van der Waals surface area contributed by atoms with Crippen molar-refractivity contribution in [3.8, 4) is 17.2 Å². The third-order valence-corrected chi connectivity index (χ3v) is 5.83. The Kier molecular flexibility index (Phi) is 8.34. The quantitative estimate of drug-likeness (QED) is 0.211. The number of hydrogen-bond donors (Lipinski definition) is 1. The molecule has 0 spiro atoms. The number of aliphatic hydroxyl groups is 1. The van der Waals surface area contributed by atoms with Crippen molar-refractivity contribution in [2.24, 2.45) is 5.92 Å². The molecule has 1 atom stereocenters. The number of aromatic nitrogens is 1. The topological polar surface area (TPSA) is 60.8 Å². The van der Waals surface area contributed by atoms with Crippen molar-refractivity contribution in [2.75, 3.05) is 0 Å². The van der Waals surface area contributed by atoms with Gasteiger partial charge in [-0.1, -0.05) is 62.4 Å². The molecular formula is C30H30ClNO4. The maximum atomic E-state index is 10.00. The molecule has 1 aromatic heterocycles. The highest BCUT2D eigenvalue weighted by Gasteiger charge is 2.18. The van der Waals surface area contributed by atoms with E-state index in [9.17, 15) is 5.11 Å². The minimum atomic E-state index is -0.509. The van der Waals surface area contributed by atoms with E-state index in [0.29, 0.717) is 41.2 Å². The molecule has 0 bridgehead atoms. The van der Waals surface area contributed by atoms with E-state index in [0.717, 1.165) is 22.2 Å². The van der Waals surface area contributed by atoms with Crippen LogP contribution >= 0.6 is 11.6 Å². The SMILES string of the molecule is C=C(O)C(CC(C)C)Oc1ccc(Cl)cc1COc1cccc(OCc2ccc3ccccc3n2)c1. The van der Waals surface area contributed by atoms with E-state index in [1.165, 1.54) is 0 Å². The lowest BCUT2D eigenvalue weighted by atomic mass is 10.0. The van der Waals surface area contributed by atoms with E-state index in [4.69, 9.17) is 25.8 Å². The highest BCUT2D eigenvalue weighted by molar-refractivity contribution is 6.30. The summed E-state index contributed by atoms with van der Waals surface area (Å²) < 4.78 is 18.1. The number of pyridine rings is 1. The zero-order chi connectivity index (χ0) is 25.5. The van der Waals surface area contributed by atoms with Crippen molar-refractivity contribution in [3.63, 3.8) is 0 Å². The highest BCUT2D eigenvalue weighted by Crippen LogP contribution is 2.29. The van der Waals surface area contributed by atoms with Crippen LogP contribution in [0.25, 0.3) is 10.9 Å². The molecule has 1 N–H and O–H groups in total. The van der Waals surface area contributed by atoms with Crippen LogP contribution in [0.5, 0.6) is 17.2 Å². The number of halogens is 1. The molecule has 0 aliphatic carbocycles. The number of hydrogen-bond acceptors (Lipinski definition) is 5. The Morgan fingerprint density at radius 1 is 0.917 bits per heavy atom. The molecule has 6 heteroatoms. The molecule has 4 rings (SSSR count). The summed E-state index contributed by atoms with van der Waals surface area (Å²) in [4.78, 5) is 4.65. The number of rotatable bonds is 11. The van der Waals surface area contributed by atoms with E-state index >= 15 is 0 Å². The van der Waals surface area contributed by atoms with E-state index in [1.54, 1.807) is 18.2 Å². The second kappa shape index (κ2) is 11.8. The van der Waals surface area contributed by atoms with Crippen molar-refractivity contribution in [1.29, 1.82) is 0 Å². The van der Waals surface area contributed by atoms with Gasteiger partial charge in [0.05, 0.1) is 11.2 Å². The monoisotopic (exact) mass is 503 g/mol. The van der Waals surface area contributed by atoms with Gasteiger partial charge in [0, 0.05) is 22.0 Å². The first-order chi connectivity index (χ1) is 17.4. The smallest absolute Gasteiger partial charge is 0.155 e. The van der Waals surface area contributed by atoms with Gasteiger partial charge in [0.1, 0.15) is 36.2 Å². The molecular weight excluding hydrogens is 474 g/mol. The summed E-state index contributed by atoms with van der Waals surface area (Å²) in [6.45, 7) is 8.38. The summed E-state index contributed by atoms with van der Waals surface area (Å²) in [7, 11) is 0. The first-order valence-electron chi connectivity index (χ1n) is 11.9. The van der Waals surface area contributed by atoms with Gasteiger partial charge in [-0.15, -0.1) is 0 Å². The van der Waals surface area contributed by atoms with Gasteiger partial charge in [0.2, 0.25) is 0 Å². The lowest BCUT2D eigenvalue weighted by Crippen LogP contribution is -2.21. The third kappa shape index (κ3) is 6.92. The van der Waals surface area contributed by atoms with Crippen LogP contribution in [-0.2, 0) is 13.2 Å². The predicted molar refractivity (Wildman–Crippen MR) is 144 cm³/mol. The average Bonchev–Trinajstić information content (AvgIpc) is 2.87. The van der Waals surface area contributed by atoms with Gasteiger partial charge in [0.15, 0.2) is 6.10 Å². The van der Waals surface area contributed by atoms with Crippen molar-refractivity contribution in [2.45, 2.75) is 39.6 Å². The molecule has 3 aromatic carbocycles. The van der Waals surface area contributed by atoms with E-state index in [2.05, 4.69) is 25.4 Å². The van der Waals surface area contributed by atoms with Crippen LogP contribution in [0.15, 0.2) is 91.2 Å². The molecule has 0 amide bonds. The van der Waals surface area contributed by atoms with Crippen molar-refractivity contribution in [1.82, 2.24) is 4.98 Å².